The summed E-state index contributed by atoms with van der Waals surface area (Å²) in [4.78, 5) is 8.54. The number of benzene rings is 1. The van der Waals surface area contributed by atoms with Crippen LogP contribution in [0, 0.1) is 0 Å². The van der Waals surface area contributed by atoms with E-state index in [1.807, 2.05) is 0 Å². The largest absolute Gasteiger partial charge is 0.461 e. The summed E-state index contributed by atoms with van der Waals surface area (Å²) in [6.07, 6.45) is 1.55. The number of nitrogens with zero attached hydrogens (tertiary/aromatic N) is 4. The van der Waals surface area contributed by atoms with Gasteiger partial charge in [0.15, 0.2) is 11.4 Å². The lowest BCUT2D eigenvalue weighted by Gasteiger charge is -2.05. The molecule has 23 heavy (non-hydrogen) atoms. The first-order chi connectivity index (χ1) is 11.2. The normalized spacial score (nSPS) is 11.0. The Hall–Kier alpha value is -3.06. The van der Waals surface area contributed by atoms with E-state index >= 15 is 0 Å². The monoisotopic (exact) mass is 327 g/mol. The van der Waals surface area contributed by atoms with Crippen molar-refractivity contribution in [3.05, 3.63) is 53.8 Å². The number of anilines is 1. The van der Waals surface area contributed by atoms with Crippen LogP contribution in [0.4, 0.5) is 5.95 Å². The highest BCUT2D eigenvalue weighted by Gasteiger charge is 2.13. The van der Waals surface area contributed by atoms with Crippen LogP contribution in [0.1, 0.15) is 0 Å². The van der Waals surface area contributed by atoms with Crippen LogP contribution in [0.2, 0.25) is 5.02 Å². The molecule has 4 rings (SSSR count). The van der Waals surface area contributed by atoms with Gasteiger partial charge in [-0.1, -0.05) is 11.6 Å². The van der Waals surface area contributed by atoms with Gasteiger partial charge in [0.2, 0.25) is 17.7 Å². The fourth-order valence-electron chi connectivity index (χ4n) is 2.07. The second-order valence-corrected chi connectivity index (χ2v) is 5.13. The third-order valence-corrected chi connectivity index (χ3v) is 3.36. The molecule has 7 nitrogen and oxygen atoms in total. The van der Waals surface area contributed by atoms with E-state index in [0.717, 1.165) is 0 Å². The zero-order valence-corrected chi connectivity index (χ0v) is 12.4. The number of nitrogens with two attached hydrogens (primary N) is 1. The van der Waals surface area contributed by atoms with E-state index < -0.39 is 0 Å². The van der Waals surface area contributed by atoms with Crippen molar-refractivity contribution in [2.45, 2.75) is 0 Å². The Morgan fingerprint density at radius 1 is 1.13 bits per heavy atom. The minimum absolute atomic E-state index is 0.164. The van der Waals surface area contributed by atoms with E-state index in [0.29, 0.717) is 33.9 Å². The molecule has 0 amide bonds. The van der Waals surface area contributed by atoms with E-state index in [4.69, 9.17) is 26.5 Å². The molecule has 0 radical (unpaired) electrons. The van der Waals surface area contributed by atoms with Crippen LogP contribution >= 0.6 is 11.6 Å². The number of nitrogen functional groups attached to an aromatic ring is 1. The van der Waals surface area contributed by atoms with Crippen LogP contribution in [0.3, 0.4) is 0 Å². The van der Waals surface area contributed by atoms with Crippen molar-refractivity contribution >= 4 is 23.2 Å². The van der Waals surface area contributed by atoms with Gasteiger partial charge in [-0.05, 0) is 36.4 Å². The zero-order chi connectivity index (χ0) is 15.8. The molecule has 3 aromatic heterocycles. The molecule has 4 aromatic rings. The van der Waals surface area contributed by atoms with Crippen molar-refractivity contribution < 1.29 is 9.15 Å². The third kappa shape index (κ3) is 2.58. The van der Waals surface area contributed by atoms with E-state index in [1.54, 1.807) is 48.7 Å². The molecule has 3 heterocycles. The number of halogens is 1. The average Bonchev–Trinajstić information content (AvgIpc) is 3.18. The second kappa shape index (κ2) is 5.29. The number of hydrogen-bond acceptors (Lipinski definition) is 6. The quantitative estimate of drug-likeness (QED) is 0.620. The van der Waals surface area contributed by atoms with E-state index in [2.05, 4.69) is 15.1 Å². The number of ether oxygens (including phenoxy) is 1. The van der Waals surface area contributed by atoms with Crippen LogP contribution in [-0.2, 0) is 0 Å². The molecule has 0 spiro atoms. The standard InChI is InChI=1S/C15H10ClN5O2/c16-9-3-5-10(6-4-9)23-13-8-12-18-14(11-2-1-7-22-11)20-21(12)15(17)19-13/h1-8H,(H2,17,19). The maximum absolute atomic E-state index is 5.92. The molecule has 0 atom stereocenters. The first-order valence-electron chi connectivity index (χ1n) is 6.70. The number of fused-ring (bicyclic) bond motifs is 1. The molecule has 8 heteroatoms. The number of rotatable bonds is 3. The van der Waals surface area contributed by atoms with Crippen LogP contribution < -0.4 is 10.5 Å². The SMILES string of the molecule is Nc1nc(Oc2ccc(Cl)cc2)cc2nc(-c3ccco3)nn12. The van der Waals surface area contributed by atoms with E-state index in [1.165, 1.54) is 4.52 Å². The van der Waals surface area contributed by atoms with Gasteiger partial charge in [0.05, 0.1) is 6.26 Å². The van der Waals surface area contributed by atoms with E-state index in [-0.39, 0.29) is 5.95 Å². The minimum Gasteiger partial charge on any atom is -0.461 e. The topological polar surface area (TPSA) is 91.5 Å². The summed E-state index contributed by atoms with van der Waals surface area (Å²) in [5.74, 6) is 2.05. The third-order valence-electron chi connectivity index (χ3n) is 3.10. The number of furan rings is 1. The molecule has 114 valence electrons. The Balaban J connectivity index is 1.73. The summed E-state index contributed by atoms with van der Waals surface area (Å²) in [7, 11) is 0. The molecule has 2 N–H and O–H groups in total. The fraction of sp³-hybridized carbons (Fsp3) is 0. The summed E-state index contributed by atoms with van der Waals surface area (Å²) in [5.41, 5.74) is 6.43. The molecule has 0 aliphatic carbocycles. The van der Waals surface area contributed by atoms with Crippen molar-refractivity contribution in [3.63, 3.8) is 0 Å². The molecule has 0 aliphatic heterocycles. The van der Waals surface area contributed by atoms with Gasteiger partial charge in [0.1, 0.15) is 5.75 Å². The fourth-order valence-corrected chi connectivity index (χ4v) is 2.20. The molecule has 1 aromatic carbocycles. The molecular formula is C15H10ClN5O2. The summed E-state index contributed by atoms with van der Waals surface area (Å²) >= 11 is 5.85. The molecule has 0 fully saturated rings. The predicted molar refractivity (Wildman–Crippen MR) is 84.4 cm³/mol. The highest BCUT2D eigenvalue weighted by molar-refractivity contribution is 6.30. The maximum atomic E-state index is 5.92. The van der Waals surface area contributed by atoms with Crippen molar-refractivity contribution in [1.82, 2.24) is 19.6 Å². The van der Waals surface area contributed by atoms with E-state index in [9.17, 15) is 0 Å². The van der Waals surface area contributed by atoms with Crippen LogP contribution in [-0.4, -0.2) is 19.6 Å². The van der Waals surface area contributed by atoms with Gasteiger partial charge in [-0.3, -0.25) is 0 Å². The van der Waals surface area contributed by atoms with Crippen LogP contribution in [0.5, 0.6) is 11.6 Å². The van der Waals surface area contributed by atoms with Gasteiger partial charge in [-0.15, -0.1) is 5.10 Å². The van der Waals surface area contributed by atoms with Gasteiger partial charge >= 0.3 is 0 Å². The molecule has 0 saturated carbocycles. The summed E-state index contributed by atoms with van der Waals surface area (Å²) in [6, 6.07) is 12.1. The minimum atomic E-state index is 0.164. The lowest BCUT2D eigenvalue weighted by atomic mass is 10.3. The molecule has 0 unspecified atom stereocenters. The zero-order valence-electron chi connectivity index (χ0n) is 11.7. The van der Waals surface area contributed by atoms with Gasteiger partial charge in [-0.2, -0.15) is 9.50 Å². The predicted octanol–water partition coefficient (Wildman–Crippen LogP) is 3.41. The van der Waals surface area contributed by atoms with Crippen molar-refractivity contribution in [1.29, 1.82) is 0 Å². The number of aromatic nitrogens is 4. The maximum Gasteiger partial charge on any atom is 0.226 e. The molecule has 0 aliphatic rings. The van der Waals surface area contributed by atoms with Crippen LogP contribution in [0.25, 0.3) is 17.2 Å². The Morgan fingerprint density at radius 3 is 2.70 bits per heavy atom. The van der Waals surface area contributed by atoms with Gasteiger partial charge in [0.25, 0.3) is 0 Å². The first-order valence-corrected chi connectivity index (χ1v) is 7.07. The highest BCUT2D eigenvalue weighted by Crippen LogP contribution is 2.24. The Bertz CT molecular complexity index is 964. The lowest BCUT2D eigenvalue weighted by Crippen LogP contribution is -2.03. The smallest absolute Gasteiger partial charge is 0.226 e. The lowest BCUT2D eigenvalue weighted by molar-refractivity contribution is 0.462. The van der Waals surface area contributed by atoms with Gasteiger partial charge in [-0.25, -0.2) is 4.98 Å². The summed E-state index contributed by atoms with van der Waals surface area (Å²) in [6.45, 7) is 0. The Morgan fingerprint density at radius 2 is 1.96 bits per heavy atom. The van der Waals surface area contributed by atoms with Gasteiger partial charge < -0.3 is 14.9 Å². The van der Waals surface area contributed by atoms with Crippen LogP contribution in [0.15, 0.2) is 53.1 Å². The Labute approximate surface area is 135 Å². The number of hydrogen-bond donors (Lipinski definition) is 1. The first kappa shape index (κ1) is 13.6. The van der Waals surface area contributed by atoms with Gasteiger partial charge in [0, 0.05) is 11.1 Å². The second-order valence-electron chi connectivity index (χ2n) is 4.69. The Kier molecular flexibility index (Phi) is 3.13. The molecule has 0 saturated heterocycles. The molecular weight excluding hydrogens is 318 g/mol. The van der Waals surface area contributed by atoms with Crippen molar-refractivity contribution in [2.24, 2.45) is 0 Å². The molecule has 0 bridgehead atoms. The van der Waals surface area contributed by atoms with Crippen molar-refractivity contribution in [3.8, 4) is 23.2 Å². The average molecular weight is 328 g/mol. The summed E-state index contributed by atoms with van der Waals surface area (Å²) in [5, 5.41) is 4.89. The summed E-state index contributed by atoms with van der Waals surface area (Å²) < 4.78 is 12.4. The highest BCUT2D eigenvalue weighted by atomic mass is 35.5. The van der Waals surface area contributed by atoms with Crippen molar-refractivity contribution in [2.75, 3.05) is 5.73 Å².